The molecule has 11 heavy (non-hydrogen) atoms. The third-order valence-electron chi connectivity index (χ3n) is 1.41. The van der Waals surface area contributed by atoms with Gasteiger partial charge in [-0.25, -0.2) is 4.68 Å². The van der Waals surface area contributed by atoms with Gasteiger partial charge in [-0.3, -0.25) is 0 Å². The maximum absolute atomic E-state index is 3.82. The van der Waals surface area contributed by atoms with Crippen LogP contribution >= 0.6 is 0 Å². The summed E-state index contributed by atoms with van der Waals surface area (Å²) in [5.41, 5.74) is 0.942. The van der Waals surface area contributed by atoms with E-state index in [9.17, 15) is 0 Å². The van der Waals surface area contributed by atoms with Gasteiger partial charge in [0.15, 0.2) is 5.82 Å². The molecule has 0 saturated heterocycles. The predicted molar refractivity (Wildman–Crippen MR) is 42.6 cm³/mol. The van der Waals surface area contributed by atoms with Crippen LogP contribution in [-0.2, 0) is 7.05 Å². The second kappa shape index (κ2) is 3.09. The number of aryl methyl sites for hydroxylation is 1. The van der Waals surface area contributed by atoms with E-state index in [0.29, 0.717) is 0 Å². The quantitative estimate of drug-likeness (QED) is 0.586. The fourth-order valence-electron chi connectivity index (χ4n) is 0.812. The van der Waals surface area contributed by atoms with Crippen molar-refractivity contribution >= 4 is 5.57 Å². The Morgan fingerprint density at radius 3 is 2.73 bits per heavy atom. The first-order valence-corrected chi connectivity index (χ1v) is 3.31. The Bertz CT molecular complexity index is 284. The molecule has 0 aliphatic rings. The van der Waals surface area contributed by atoms with E-state index >= 15 is 0 Å². The normalized spacial score (nSPS) is 11.6. The summed E-state index contributed by atoms with van der Waals surface area (Å²) in [5, 5.41) is 11.0. The lowest BCUT2D eigenvalue weighted by Gasteiger charge is -1.95. The largest absolute Gasteiger partial charge is 0.229 e. The lowest BCUT2D eigenvalue weighted by molar-refractivity contribution is 0.705. The van der Waals surface area contributed by atoms with E-state index in [2.05, 4.69) is 22.1 Å². The number of nitrogens with zero attached hydrogens (tertiary/aromatic N) is 4. The number of hydrogen-bond donors (Lipinski definition) is 0. The van der Waals surface area contributed by atoms with Crippen molar-refractivity contribution in [2.45, 2.75) is 6.92 Å². The van der Waals surface area contributed by atoms with Crippen molar-refractivity contribution in [1.82, 2.24) is 20.2 Å². The van der Waals surface area contributed by atoms with E-state index in [-0.39, 0.29) is 0 Å². The molecule has 1 rings (SSSR count). The van der Waals surface area contributed by atoms with E-state index < -0.39 is 0 Å². The number of tetrazole rings is 1. The summed E-state index contributed by atoms with van der Waals surface area (Å²) in [5.74, 6) is 0.738. The minimum absolute atomic E-state index is 0.738. The first-order chi connectivity index (χ1) is 5.29. The third-order valence-corrected chi connectivity index (χ3v) is 1.41. The summed E-state index contributed by atoms with van der Waals surface area (Å²) in [4.78, 5) is 0. The second-order valence-corrected chi connectivity index (χ2v) is 2.07. The van der Waals surface area contributed by atoms with Crippen LogP contribution in [0, 0.1) is 0 Å². The summed E-state index contributed by atoms with van der Waals surface area (Å²) in [6.07, 6.45) is 3.64. The number of rotatable bonds is 2. The van der Waals surface area contributed by atoms with Crippen LogP contribution in [0.25, 0.3) is 5.57 Å². The van der Waals surface area contributed by atoms with Gasteiger partial charge >= 0.3 is 0 Å². The summed E-state index contributed by atoms with van der Waals surface area (Å²) in [7, 11) is 1.79. The minimum atomic E-state index is 0.738. The van der Waals surface area contributed by atoms with Crippen LogP contribution in [0.3, 0.4) is 0 Å². The predicted octanol–water partition coefficient (Wildman–Crippen LogP) is 0.799. The molecular formula is C7H10N4. The molecule has 0 spiro atoms. The lowest BCUT2D eigenvalue weighted by Crippen LogP contribution is -1.96. The van der Waals surface area contributed by atoms with Crippen molar-refractivity contribution in [3.8, 4) is 0 Å². The zero-order valence-corrected chi connectivity index (χ0v) is 6.65. The Labute approximate surface area is 65.2 Å². The van der Waals surface area contributed by atoms with Gasteiger partial charge < -0.3 is 0 Å². The molecule has 0 amide bonds. The van der Waals surface area contributed by atoms with Gasteiger partial charge in [0, 0.05) is 12.6 Å². The Balaban J connectivity index is 3.09. The van der Waals surface area contributed by atoms with Crippen molar-refractivity contribution in [3.05, 3.63) is 24.6 Å². The molecule has 0 bridgehead atoms. The Kier molecular flexibility index (Phi) is 2.15. The number of hydrogen-bond acceptors (Lipinski definition) is 3. The molecule has 4 heteroatoms. The summed E-state index contributed by atoms with van der Waals surface area (Å²) in [6, 6.07) is 0. The first kappa shape index (κ1) is 7.65. The number of aromatic nitrogens is 4. The third kappa shape index (κ3) is 1.34. The molecule has 0 unspecified atom stereocenters. The van der Waals surface area contributed by atoms with Gasteiger partial charge in [0.1, 0.15) is 0 Å². The van der Waals surface area contributed by atoms with Crippen molar-refractivity contribution in [3.63, 3.8) is 0 Å². The molecule has 0 radical (unpaired) electrons. The lowest BCUT2D eigenvalue weighted by atomic mass is 10.2. The van der Waals surface area contributed by atoms with Gasteiger partial charge in [-0.1, -0.05) is 18.7 Å². The van der Waals surface area contributed by atoms with E-state index in [1.54, 1.807) is 17.8 Å². The van der Waals surface area contributed by atoms with E-state index in [1.807, 2.05) is 13.0 Å². The maximum atomic E-state index is 3.82. The molecule has 0 aliphatic carbocycles. The topological polar surface area (TPSA) is 43.6 Å². The molecule has 1 aromatic heterocycles. The number of allylic oxidation sites excluding steroid dienone is 3. The smallest absolute Gasteiger partial charge is 0.181 e. The van der Waals surface area contributed by atoms with Crippen molar-refractivity contribution < 1.29 is 0 Å². The molecule has 1 heterocycles. The summed E-state index contributed by atoms with van der Waals surface area (Å²) < 4.78 is 1.61. The standard InChI is InChI=1S/C7H10N4/c1-4-6(5-2)7-8-9-10-11(7)3/h4-5H,1H2,2-3H3. The molecule has 0 atom stereocenters. The van der Waals surface area contributed by atoms with E-state index in [1.165, 1.54) is 0 Å². The van der Waals surface area contributed by atoms with Crippen LogP contribution in [0.1, 0.15) is 12.7 Å². The molecular weight excluding hydrogens is 140 g/mol. The van der Waals surface area contributed by atoms with Gasteiger partial charge in [0.2, 0.25) is 0 Å². The summed E-state index contributed by atoms with van der Waals surface area (Å²) >= 11 is 0. The van der Waals surface area contributed by atoms with Crippen molar-refractivity contribution in [2.75, 3.05) is 0 Å². The fraction of sp³-hybridized carbons (Fsp3) is 0.286. The average molecular weight is 150 g/mol. The van der Waals surface area contributed by atoms with E-state index in [4.69, 9.17) is 0 Å². The summed E-state index contributed by atoms with van der Waals surface area (Å²) in [6.45, 7) is 5.57. The van der Waals surface area contributed by atoms with Crippen LogP contribution in [0.5, 0.6) is 0 Å². The molecule has 0 fully saturated rings. The molecule has 58 valence electrons. The first-order valence-electron chi connectivity index (χ1n) is 3.31. The van der Waals surface area contributed by atoms with Gasteiger partial charge in [-0.2, -0.15) is 0 Å². The van der Waals surface area contributed by atoms with Crippen LogP contribution in [-0.4, -0.2) is 20.2 Å². The molecule has 0 saturated carbocycles. The van der Waals surface area contributed by atoms with Gasteiger partial charge in [-0.15, -0.1) is 5.10 Å². The fourth-order valence-corrected chi connectivity index (χ4v) is 0.812. The van der Waals surface area contributed by atoms with Crippen molar-refractivity contribution in [1.29, 1.82) is 0 Å². The highest BCUT2D eigenvalue weighted by Gasteiger charge is 2.02. The van der Waals surface area contributed by atoms with Gasteiger partial charge in [0.05, 0.1) is 0 Å². The van der Waals surface area contributed by atoms with Crippen LogP contribution in [0.15, 0.2) is 18.7 Å². The highest BCUT2D eigenvalue weighted by atomic mass is 15.5. The monoisotopic (exact) mass is 150 g/mol. The van der Waals surface area contributed by atoms with Crippen LogP contribution in [0.4, 0.5) is 0 Å². The molecule has 4 nitrogen and oxygen atoms in total. The van der Waals surface area contributed by atoms with Crippen LogP contribution in [0.2, 0.25) is 0 Å². The molecule has 0 aliphatic heterocycles. The highest BCUT2D eigenvalue weighted by molar-refractivity contribution is 5.68. The van der Waals surface area contributed by atoms with Gasteiger partial charge in [-0.05, 0) is 17.4 Å². The Morgan fingerprint density at radius 2 is 2.36 bits per heavy atom. The molecule has 0 aromatic carbocycles. The second-order valence-electron chi connectivity index (χ2n) is 2.07. The molecule has 0 N–H and O–H groups in total. The van der Waals surface area contributed by atoms with E-state index in [0.717, 1.165) is 11.4 Å². The molecule has 1 aromatic rings. The zero-order chi connectivity index (χ0) is 8.27. The highest BCUT2D eigenvalue weighted by Crippen LogP contribution is 2.08. The average Bonchev–Trinajstić information content (AvgIpc) is 2.40. The van der Waals surface area contributed by atoms with Crippen LogP contribution < -0.4 is 0 Å². The van der Waals surface area contributed by atoms with Gasteiger partial charge in [0.25, 0.3) is 0 Å². The Hall–Kier alpha value is -1.45. The SMILES string of the molecule is C=CC(=CC)c1nnnn1C. The Morgan fingerprint density at radius 1 is 1.64 bits per heavy atom. The maximum Gasteiger partial charge on any atom is 0.181 e. The van der Waals surface area contributed by atoms with Crippen molar-refractivity contribution in [2.24, 2.45) is 7.05 Å². The zero-order valence-electron chi connectivity index (χ0n) is 6.65. The minimum Gasteiger partial charge on any atom is -0.229 e.